The van der Waals surface area contributed by atoms with Gasteiger partial charge in [-0.2, -0.15) is 0 Å². The van der Waals surface area contributed by atoms with Crippen molar-refractivity contribution in [1.82, 2.24) is 0 Å². The molecule has 0 spiro atoms. The molecule has 0 N–H and O–H groups in total. The van der Waals surface area contributed by atoms with Crippen LogP contribution in [0.15, 0.2) is 11.6 Å². The fourth-order valence-corrected chi connectivity index (χ4v) is 2.88. The normalized spacial score (nSPS) is 10.6. The second kappa shape index (κ2) is 18.0. The Kier molecular flexibility index (Phi) is 17.8. The van der Waals surface area contributed by atoms with Crippen molar-refractivity contribution < 1.29 is 9.53 Å². The van der Waals surface area contributed by atoms with Gasteiger partial charge in [-0.25, -0.2) is 0 Å². The van der Waals surface area contributed by atoms with Gasteiger partial charge in [-0.3, -0.25) is 4.79 Å². The lowest BCUT2D eigenvalue weighted by molar-refractivity contribution is -0.143. The molecule has 2 nitrogen and oxygen atoms in total. The van der Waals surface area contributed by atoms with E-state index in [4.69, 9.17) is 4.74 Å². The summed E-state index contributed by atoms with van der Waals surface area (Å²) in [5.74, 6) is -0.0231. The summed E-state index contributed by atoms with van der Waals surface area (Å²) >= 11 is 3.40. The van der Waals surface area contributed by atoms with Gasteiger partial charge in [0.1, 0.15) is 0 Å². The van der Waals surface area contributed by atoms with Crippen molar-refractivity contribution in [2.24, 2.45) is 0 Å². The molecule has 0 aliphatic heterocycles. The zero-order valence-electron chi connectivity index (χ0n) is 15.4. The molecular formula is C20H37BrO2. The number of hydrogen-bond acceptors (Lipinski definition) is 2. The fraction of sp³-hybridized carbons (Fsp3) is 0.850. The van der Waals surface area contributed by atoms with Crippen LogP contribution in [0, 0.1) is 0 Å². The van der Waals surface area contributed by atoms with Crippen LogP contribution in [-0.4, -0.2) is 17.9 Å². The summed E-state index contributed by atoms with van der Waals surface area (Å²) in [6, 6.07) is 0. The first-order chi connectivity index (χ1) is 11.2. The van der Waals surface area contributed by atoms with E-state index in [0.29, 0.717) is 13.0 Å². The predicted octanol–water partition coefficient (Wildman–Crippen LogP) is 6.96. The number of carbonyl (C=O) groups excluding carboxylic acids is 1. The maximum atomic E-state index is 11.6. The third kappa shape index (κ3) is 16.3. The Morgan fingerprint density at radius 3 is 2.17 bits per heavy atom. The van der Waals surface area contributed by atoms with Crippen LogP contribution in [-0.2, 0) is 9.53 Å². The number of esters is 1. The van der Waals surface area contributed by atoms with Gasteiger partial charge in [0.05, 0.1) is 6.61 Å². The van der Waals surface area contributed by atoms with Crippen molar-refractivity contribution in [3.05, 3.63) is 11.6 Å². The Morgan fingerprint density at radius 2 is 1.57 bits per heavy atom. The summed E-state index contributed by atoms with van der Waals surface area (Å²) in [5.41, 5.74) is 1.63. The molecule has 0 radical (unpaired) electrons. The molecule has 0 rings (SSSR count). The summed E-state index contributed by atoms with van der Waals surface area (Å²) in [5, 5.41) is 1.03. The molecule has 0 bridgehead atoms. The third-order valence-corrected chi connectivity index (χ3v) is 4.57. The highest BCUT2D eigenvalue weighted by Gasteiger charge is 2.02. The first kappa shape index (κ1) is 22.7. The van der Waals surface area contributed by atoms with Crippen LogP contribution in [0.5, 0.6) is 0 Å². The van der Waals surface area contributed by atoms with Gasteiger partial charge in [0.15, 0.2) is 0 Å². The van der Waals surface area contributed by atoms with E-state index in [1.807, 2.05) is 0 Å². The summed E-state index contributed by atoms with van der Waals surface area (Å²) in [4.78, 5) is 11.6. The number of allylic oxidation sites excluding steroid dienone is 2. The monoisotopic (exact) mass is 388 g/mol. The van der Waals surface area contributed by atoms with Crippen molar-refractivity contribution in [2.45, 2.75) is 97.3 Å². The number of unbranched alkanes of at least 4 members (excludes halogenated alkanes) is 6. The Balaban J connectivity index is 3.69. The van der Waals surface area contributed by atoms with Gasteiger partial charge < -0.3 is 4.74 Å². The Hall–Kier alpha value is -0.310. The van der Waals surface area contributed by atoms with E-state index in [1.54, 1.807) is 5.57 Å². The van der Waals surface area contributed by atoms with Gasteiger partial charge in [0, 0.05) is 11.8 Å². The van der Waals surface area contributed by atoms with Crippen LogP contribution in [0.3, 0.4) is 0 Å². The van der Waals surface area contributed by atoms with Crippen LogP contribution in [0.25, 0.3) is 0 Å². The lowest BCUT2D eigenvalue weighted by Gasteiger charge is -2.07. The molecule has 0 atom stereocenters. The number of halogens is 1. The van der Waals surface area contributed by atoms with E-state index >= 15 is 0 Å². The molecular weight excluding hydrogens is 352 g/mol. The Labute approximate surface area is 152 Å². The van der Waals surface area contributed by atoms with E-state index in [0.717, 1.165) is 43.9 Å². The first-order valence-electron chi connectivity index (χ1n) is 9.64. The number of hydrogen-bond donors (Lipinski definition) is 0. The van der Waals surface area contributed by atoms with E-state index in [-0.39, 0.29) is 5.97 Å². The third-order valence-electron chi connectivity index (χ3n) is 4.01. The lowest BCUT2D eigenvalue weighted by Crippen LogP contribution is -2.05. The number of alkyl halides is 1. The molecule has 0 aromatic heterocycles. The Morgan fingerprint density at radius 1 is 0.870 bits per heavy atom. The average Bonchev–Trinajstić information content (AvgIpc) is 2.56. The SMILES string of the molecule is CCCCC(=CCCCCC(=O)OCCCCCBr)CCCC. The van der Waals surface area contributed by atoms with Crippen molar-refractivity contribution >= 4 is 21.9 Å². The van der Waals surface area contributed by atoms with Crippen LogP contribution in [0.4, 0.5) is 0 Å². The van der Waals surface area contributed by atoms with E-state index < -0.39 is 0 Å². The maximum absolute atomic E-state index is 11.6. The predicted molar refractivity (Wildman–Crippen MR) is 104 cm³/mol. The van der Waals surface area contributed by atoms with Crippen LogP contribution < -0.4 is 0 Å². The molecule has 0 fully saturated rings. The summed E-state index contributed by atoms with van der Waals surface area (Å²) in [6.07, 6.45) is 17.1. The minimum absolute atomic E-state index is 0.0231. The molecule has 0 aliphatic carbocycles. The summed E-state index contributed by atoms with van der Waals surface area (Å²) in [6.45, 7) is 5.09. The van der Waals surface area contributed by atoms with Crippen LogP contribution in [0.1, 0.15) is 97.3 Å². The van der Waals surface area contributed by atoms with Crippen LogP contribution in [0.2, 0.25) is 0 Å². The van der Waals surface area contributed by atoms with Gasteiger partial charge in [0.2, 0.25) is 0 Å². The second-order valence-corrected chi connectivity index (χ2v) is 7.08. The zero-order chi connectivity index (χ0) is 17.2. The van der Waals surface area contributed by atoms with Crippen LogP contribution >= 0.6 is 15.9 Å². The maximum Gasteiger partial charge on any atom is 0.305 e. The van der Waals surface area contributed by atoms with Gasteiger partial charge in [-0.05, 0) is 64.2 Å². The highest BCUT2D eigenvalue weighted by molar-refractivity contribution is 9.09. The van der Waals surface area contributed by atoms with Gasteiger partial charge in [-0.15, -0.1) is 0 Å². The molecule has 0 amide bonds. The minimum Gasteiger partial charge on any atom is -0.466 e. The topological polar surface area (TPSA) is 26.3 Å². The molecule has 0 aromatic carbocycles. The molecule has 23 heavy (non-hydrogen) atoms. The van der Waals surface area contributed by atoms with Crippen molar-refractivity contribution in [3.63, 3.8) is 0 Å². The van der Waals surface area contributed by atoms with Crippen molar-refractivity contribution in [3.8, 4) is 0 Å². The average molecular weight is 389 g/mol. The quantitative estimate of drug-likeness (QED) is 0.123. The first-order valence-corrected chi connectivity index (χ1v) is 10.8. The second-order valence-electron chi connectivity index (χ2n) is 6.29. The van der Waals surface area contributed by atoms with E-state index in [1.165, 1.54) is 38.5 Å². The molecule has 0 saturated carbocycles. The zero-order valence-corrected chi connectivity index (χ0v) is 17.0. The van der Waals surface area contributed by atoms with Crippen molar-refractivity contribution in [1.29, 1.82) is 0 Å². The largest absolute Gasteiger partial charge is 0.466 e. The lowest BCUT2D eigenvalue weighted by atomic mass is 10.0. The fourth-order valence-electron chi connectivity index (χ4n) is 2.49. The van der Waals surface area contributed by atoms with Gasteiger partial charge in [-0.1, -0.05) is 54.3 Å². The molecule has 0 aliphatic rings. The van der Waals surface area contributed by atoms with Crippen molar-refractivity contribution in [2.75, 3.05) is 11.9 Å². The molecule has 136 valence electrons. The van der Waals surface area contributed by atoms with Gasteiger partial charge in [0.25, 0.3) is 0 Å². The molecule has 0 unspecified atom stereocenters. The Bertz CT molecular complexity index is 290. The number of rotatable bonds is 16. The molecule has 3 heteroatoms. The van der Waals surface area contributed by atoms with E-state index in [2.05, 4.69) is 35.9 Å². The van der Waals surface area contributed by atoms with E-state index in [9.17, 15) is 4.79 Å². The molecule has 0 saturated heterocycles. The van der Waals surface area contributed by atoms with Gasteiger partial charge >= 0.3 is 5.97 Å². The minimum atomic E-state index is -0.0231. The smallest absolute Gasteiger partial charge is 0.305 e. The highest BCUT2D eigenvalue weighted by Crippen LogP contribution is 2.17. The summed E-state index contributed by atoms with van der Waals surface area (Å²) in [7, 11) is 0. The number of ether oxygens (including phenoxy) is 1. The standard InChI is InChI=1S/C20H37BrO2/c1-3-5-13-19(14-6-4-2)15-9-7-10-16-20(22)23-18-12-8-11-17-21/h15H,3-14,16-18H2,1-2H3. The molecule has 0 heterocycles. The molecule has 0 aromatic rings. The summed E-state index contributed by atoms with van der Waals surface area (Å²) < 4.78 is 5.25. The number of carbonyl (C=O) groups is 1. The highest BCUT2D eigenvalue weighted by atomic mass is 79.9.